The summed E-state index contributed by atoms with van der Waals surface area (Å²) in [5.74, 6) is 0.404. The molecule has 0 saturated carbocycles. The van der Waals surface area contributed by atoms with Gasteiger partial charge in [0.05, 0.1) is 24.7 Å². The molecule has 0 aliphatic rings. The zero-order valence-corrected chi connectivity index (χ0v) is 16.1. The lowest BCUT2D eigenvalue weighted by molar-refractivity contribution is 0.0598. The highest BCUT2D eigenvalue weighted by atomic mass is 16.5. The third-order valence-electron chi connectivity index (χ3n) is 4.44. The predicted molar refractivity (Wildman–Crippen MR) is 102 cm³/mol. The third-order valence-corrected chi connectivity index (χ3v) is 4.44. The molecule has 2 aromatic heterocycles. The van der Waals surface area contributed by atoms with E-state index in [2.05, 4.69) is 4.98 Å². The molecule has 0 unspecified atom stereocenters. The average Bonchev–Trinajstić information content (AvgIpc) is 3.00. The van der Waals surface area contributed by atoms with E-state index in [1.54, 1.807) is 31.0 Å². The lowest BCUT2D eigenvalue weighted by Gasteiger charge is -2.17. The molecule has 27 heavy (non-hydrogen) atoms. The van der Waals surface area contributed by atoms with Crippen LogP contribution in [0.25, 0.3) is 10.9 Å². The molecule has 0 aliphatic carbocycles. The summed E-state index contributed by atoms with van der Waals surface area (Å²) in [5, 5.41) is 0.823. The van der Waals surface area contributed by atoms with E-state index >= 15 is 0 Å². The highest BCUT2D eigenvalue weighted by Crippen LogP contribution is 2.23. The molecule has 1 amide bonds. The Morgan fingerprint density at radius 2 is 1.85 bits per heavy atom. The molecule has 0 fully saturated rings. The molecule has 0 radical (unpaired) electrons. The van der Waals surface area contributed by atoms with Crippen molar-refractivity contribution in [1.82, 2.24) is 9.88 Å². The van der Waals surface area contributed by atoms with Gasteiger partial charge in [0.2, 0.25) is 0 Å². The standard InChI is InChI=1S/C21H22N2O4/c1-12-6-7-19-17(8-12)18(9-13(2)22-19)20(24)23(4)11-15-10-16(14(3)27-15)21(25)26-5/h6-10H,11H2,1-5H3. The van der Waals surface area contributed by atoms with Gasteiger partial charge in [-0.25, -0.2) is 4.79 Å². The SMILES string of the molecule is COC(=O)c1cc(CN(C)C(=O)c2cc(C)nc3ccc(C)cc23)oc1C. The number of furan rings is 1. The van der Waals surface area contributed by atoms with Crippen LogP contribution in [0, 0.1) is 20.8 Å². The quantitative estimate of drug-likeness (QED) is 0.657. The van der Waals surface area contributed by atoms with E-state index in [4.69, 9.17) is 9.15 Å². The van der Waals surface area contributed by atoms with Gasteiger partial charge in [-0.05, 0) is 45.0 Å². The molecule has 140 valence electrons. The van der Waals surface area contributed by atoms with Crippen molar-refractivity contribution in [3.8, 4) is 0 Å². The Morgan fingerprint density at radius 1 is 1.11 bits per heavy atom. The Morgan fingerprint density at radius 3 is 2.56 bits per heavy atom. The van der Waals surface area contributed by atoms with Crippen molar-refractivity contribution in [1.29, 1.82) is 0 Å². The summed E-state index contributed by atoms with van der Waals surface area (Å²) in [6.07, 6.45) is 0. The number of amides is 1. The number of aromatic nitrogens is 1. The molecule has 2 heterocycles. The molecule has 3 aromatic rings. The molecule has 6 nitrogen and oxygen atoms in total. The topological polar surface area (TPSA) is 72.6 Å². The van der Waals surface area contributed by atoms with E-state index < -0.39 is 5.97 Å². The van der Waals surface area contributed by atoms with Crippen molar-refractivity contribution in [3.05, 3.63) is 64.2 Å². The number of methoxy groups -OCH3 is 1. The third kappa shape index (κ3) is 3.69. The number of aryl methyl sites for hydroxylation is 3. The first-order chi connectivity index (χ1) is 12.8. The minimum atomic E-state index is -0.456. The Bertz CT molecular complexity index is 1040. The predicted octanol–water partition coefficient (Wildman–Crippen LogP) is 3.81. The number of ether oxygens (including phenoxy) is 1. The number of hydrogen-bond donors (Lipinski definition) is 0. The molecule has 0 N–H and O–H groups in total. The van der Waals surface area contributed by atoms with Crippen LogP contribution in [0.5, 0.6) is 0 Å². The van der Waals surface area contributed by atoms with Crippen LogP contribution in [0.4, 0.5) is 0 Å². The molecule has 0 saturated heterocycles. The summed E-state index contributed by atoms with van der Waals surface area (Å²) in [5.41, 5.74) is 3.60. The van der Waals surface area contributed by atoms with Gasteiger partial charge >= 0.3 is 5.97 Å². The van der Waals surface area contributed by atoms with Crippen LogP contribution < -0.4 is 0 Å². The maximum atomic E-state index is 13.1. The van der Waals surface area contributed by atoms with Crippen LogP contribution in [0.15, 0.2) is 34.7 Å². The van der Waals surface area contributed by atoms with Gasteiger partial charge in [-0.3, -0.25) is 9.78 Å². The summed E-state index contributed by atoms with van der Waals surface area (Å²) in [7, 11) is 3.03. The fourth-order valence-corrected chi connectivity index (χ4v) is 3.09. The lowest BCUT2D eigenvalue weighted by Crippen LogP contribution is -2.26. The fraction of sp³-hybridized carbons (Fsp3) is 0.286. The van der Waals surface area contributed by atoms with Crippen LogP contribution >= 0.6 is 0 Å². The zero-order valence-electron chi connectivity index (χ0n) is 16.1. The lowest BCUT2D eigenvalue weighted by atomic mass is 10.0. The van der Waals surface area contributed by atoms with E-state index in [1.165, 1.54) is 7.11 Å². The van der Waals surface area contributed by atoms with Crippen molar-refractivity contribution in [2.24, 2.45) is 0 Å². The van der Waals surface area contributed by atoms with E-state index in [-0.39, 0.29) is 12.5 Å². The number of fused-ring (bicyclic) bond motifs is 1. The van der Waals surface area contributed by atoms with Gasteiger partial charge in [0.1, 0.15) is 17.1 Å². The largest absolute Gasteiger partial charge is 0.465 e. The van der Waals surface area contributed by atoms with Crippen LogP contribution in [0.3, 0.4) is 0 Å². The number of rotatable bonds is 4. The monoisotopic (exact) mass is 366 g/mol. The molecule has 0 atom stereocenters. The zero-order chi connectivity index (χ0) is 19.7. The molecule has 1 aromatic carbocycles. The number of carbonyl (C=O) groups is 2. The second-order valence-corrected chi connectivity index (χ2v) is 6.67. The number of hydrogen-bond acceptors (Lipinski definition) is 5. The second kappa shape index (κ2) is 7.23. The van der Waals surface area contributed by atoms with Crippen LogP contribution in [0.2, 0.25) is 0 Å². The number of esters is 1. The minimum absolute atomic E-state index is 0.134. The van der Waals surface area contributed by atoms with Crippen molar-refractivity contribution < 1.29 is 18.7 Å². The van der Waals surface area contributed by atoms with Gasteiger partial charge in [-0.2, -0.15) is 0 Å². The summed E-state index contributed by atoms with van der Waals surface area (Å²) in [6, 6.07) is 9.29. The second-order valence-electron chi connectivity index (χ2n) is 6.67. The van der Waals surface area contributed by atoms with Crippen LogP contribution in [-0.4, -0.2) is 35.9 Å². The van der Waals surface area contributed by atoms with E-state index in [9.17, 15) is 9.59 Å². The first-order valence-corrected chi connectivity index (χ1v) is 8.61. The number of carbonyl (C=O) groups excluding carboxylic acids is 2. The molecule has 3 rings (SSSR count). The van der Waals surface area contributed by atoms with Gasteiger partial charge in [0.15, 0.2) is 0 Å². The molecular formula is C21H22N2O4. The highest BCUT2D eigenvalue weighted by molar-refractivity contribution is 6.06. The minimum Gasteiger partial charge on any atom is -0.465 e. The van der Waals surface area contributed by atoms with Gasteiger partial charge in [-0.15, -0.1) is 0 Å². The van der Waals surface area contributed by atoms with Gasteiger partial charge < -0.3 is 14.1 Å². The van der Waals surface area contributed by atoms with Crippen LogP contribution in [0.1, 0.15) is 43.5 Å². The Labute approximate surface area is 157 Å². The average molecular weight is 366 g/mol. The van der Waals surface area contributed by atoms with Crippen molar-refractivity contribution in [2.75, 3.05) is 14.2 Å². The van der Waals surface area contributed by atoms with E-state index in [0.717, 1.165) is 22.2 Å². The molecule has 0 aliphatic heterocycles. The first-order valence-electron chi connectivity index (χ1n) is 8.61. The molecule has 0 bridgehead atoms. The molecule has 0 spiro atoms. The van der Waals surface area contributed by atoms with Gasteiger partial charge in [-0.1, -0.05) is 11.6 Å². The molecule has 6 heteroatoms. The maximum absolute atomic E-state index is 13.1. The van der Waals surface area contributed by atoms with Gasteiger partial charge in [0.25, 0.3) is 5.91 Å². The normalized spacial score (nSPS) is 10.9. The number of benzene rings is 1. The summed E-state index contributed by atoms with van der Waals surface area (Å²) < 4.78 is 10.4. The Kier molecular flexibility index (Phi) is 4.99. The Hall–Kier alpha value is -3.15. The number of nitrogens with zero attached hydrogens (tertiary/aromatic N) is 2. The first kappa shape index (κ1) is 18.6. The highest BCUT2D eigenvalue weighted by Gasteiger charge is 2.20. The summed E-state index contributed by atoms with van der Waals surface area (Å²) in [4.78, 5) is 30.9. The van der Waals surface area contributed by atoms with E-state index in [0.29, 0.717) is 22.6 Å². The fourth-order valence-electron chi connectivity index (χ4n) is 3.09. The van der Waals surface area contributed by atoms with E-state index in [1.807, 2.05) is 32.0 Å². The van der Waals surface area contributed by atoms with Crippen molar-refractivity contribution in [2.45, 2.75) is 27.3 Å². The van der Waals surface area contributed by atoms with Crippen molar-refractivity contribution in [3.63, 3.8) is 0 Å². The summed E-state index contributed by atoms with van der Waals surface area (Å²) >= 11 is 0. The van der Waals surface area contributed by atoms with Crippen LogP contribution in [-0.2, 0) is 11.3 Å². The smallest absolute Gasteiger partial charge is 0.341 e. The summed E-state index contributed by atoms with van der Waals surface area (Å²) in [6.45, 7) is 5.79. The van der Waals surface area contributed by atoms with Crippen molar-refractivity contribution >= 4 is 22.8 Å². The maximum Gasteiger partial charge on any atom is 0.341 e. The molecular weight excluding hydrogens is 344 g/mol. The number of pyridine rings is 1. The van der Waals surface area contributed by atoms with Gasteiger partial charge in [0, 0.05) is 18.1 Å². The Balaban J connectivity index is 1.91.